The van der Waals surface area contributed by atoms with E-state index in [1.807, 2.05) is 6.07 Å². The van der Waals surface area contributed by atoms with Crippen molar-refractivity contribution in [3.8, 4) is 5.75 Å². The number of halogens is 3. The number of aliphatic hydroxyl groups is 1. The predicted molar refractivity (Wildman–Crippen MR) is 81.2 cm³/mol. The van der Waals surface area contributed by atoms with Crippen LogP contribution in [0.25, 0.3) is 0 Å². The molecule has 2 aromatic carbocycles. The van der Waals surface area contributed by atoms with Crippen molar-refractivity contribution in [1.82, 2.24) is 0 Å². The van der Waals surface area contributed by atoms with Crippen LogP contribution in [0.3, 0.4) is 0 Å². The summed E-state index contributed by atoms with van der Waals surface area (Å²) in [6.07, 6.45) is -0.868. The van der Waals surface area contributed by atoms with Crippen molar-refractivity contribution in [1.29, 1.82) is 0 Å². The van der Waals surface area contributed by atoms with Gasteiger partial charge in [-0.15, -0.1) is 0 Å². The van der Waals surface area contributed by atoms with Crippen molar-refractivity contribution in [2.75, 3.05) is 7.11 Å². The Morgan fingerprint density at radius 3 is 2.42 bits per heavy atom. The molecule has 0 aliphatic rings. The fourth-order valence-electron chi connectivity index (χ4n) is 1.80. The third-order valence-corrected chi connectivity index (χ3v) is 3.80. The van der Waals surface area contributed by atoms with E-state index in [1.165, 1.54) is 0 Å². The number of ether oxygens (including phenoxy) is 1. The first-order valence-corrected chi connectivity index (χ1v) is 7.04. The summed E-state index contributed by atoms with van der Waals surface area (Å²) in [5.41, 5.74) is 1.24. The summed E-state index contributed by atoms with van der Waals surface area (Å²) in [7, 11) is 1.56. The van der Waals surface area contributed by atoms with Crippen LogP contribution in [0.5, 0.6) is 5.75 Å². The Balaban J connectivity index is 2.46. The van der Waals surface area contributed by atoms with E-state index in [0.29, 0.717) is 26.9 Å². The van der Waals surface area contributed by atoms with E-state index in [1.54, 1.807) is 37.4 Å². The van der Waals surface area contributed by atoms with Gasteiger partial charge in [-0.2, -0.15) is 0 Å². The molecule has 0 aliphatic heterocycles. The SMILES string of the molecule is COc1cc(Br)ccc1C(O)c1ccc(Cl)cc1Cl. The van der Waals surface area contributed by atoms with Gasteiger partial charge in [0.2, 0.25) is 0 Å². The molecular formula is C14H11BrCl2O2. The molecule has 0 spiro atoms. The highest BCUT2D eigenvalue weighted by molar-refractivity contribution is 9.10. The zero-order valence-corrected chi connectivity index (χ0v) is 13.1. The minimum atomic E-state index is -0.868. The Labute approximate surface area is 130 Å². The molecule has 2 aromatic rings. The van der Waals surface area contributed by atoms with E-state index in [2.05, 4.69) is 15.9 Å². The van der Waals surface area contributed by atoms with Crippen LogP contribution in [0.2, 0.25) is 10.0 Å². The van der Waals surface area contributed by atoms with Crippen molar-refractivity contribution in [2.45, 2.75) is 6.10 Å². The molecule has 0 aliphatic carbocycles. The Kier molecular flexibility index (Phi) is 4.74. The molecule has 0 heterocycles. The highest BCUT2D eigenvalue weighted by Crippen LogP contribution is 2.35. The quantitative estimate of drug-likeness (QED) is 0.846. The molecule has 5 heteroatoms. The smallest absolute Gasteiger partial charge is 0.126 e. The van der Waals surface area contributed by atoms with Gasteiger partial charge in [0.1, 0.15) is 11.9 Å². The summed E-state index contributed by atoms with van der Waals surface area (Å²) in [5, 5.41) is 11.4. The van der Waals surface area contributed by atoms with Gasteiger partial charge in [-0.1, -0.05) is 51.3 Å². The second-order valence-electron chi connectivity index (χ2n) is 3.95. The lowest BCUT2D eigenvalue weighted by atomic mass is 10.0. The maximum Gasteiger partial charge on any atom is 0.126 e. The molecule has 2 rings (SSSR count). The van der Waals surface area contributed by atoms with Crippen LogP contribution in [-0.2, 0) is 0 Å². The lowest BCUT2D eigenvalue weighted by molar-refractivity contribution is 0.215. The van der Waals surface area contributed by atoms with Gasteiger partial charge < -0.3 is 9.84 Å². The molecule has 100 valence electrons. The van der Waals surface area contributed by atoms with Crippen LogP contribution in [0, 0.1) is 0 Å². The summed E-state index contributed by atoms with van der Waals surface area (Å²) in [6.45, 7) is 0. The van der Waals surface area contributed by atoms with Crippen LogP contribution in [0.1, 0.15) is 17.2 Å². The summed E-state index contributed by atoms with van der Waals surface area (Å²) in [6, 6.07) is 10.4. The molecule has 0 bridgehead atoms. The molecule has 1 N–H and O–H groups in total. The van der Waals surface area contributed by atoms with Gasteiger partial charge in [-0.05, 0) is 24.3 Å². The second-order valence-corrected chi connectivity index (χ2v) is 5.71. The topological polar surface area (TPSA) is 29.5 Å². The third-order valence-electron chi connectivity index (χ3n) is 2.75. The number of hydrogen-bond acceptors (Lipinski definition) is 2. The number of methoxy groups -OCH3 is 1. The van der Waals surface area contributed by atoms with Crippen molar-refractivity contribution in [3.05, 3.63) is 62.0 Å². The Morgan fingerprint density at radius 2 is 1.79 bits per heavy atom. The largest absolute Gasteiger partial charge is 0.496 e. The lowest BCUT2D eigenvalue weighted by Crippen LogP contribution is -2.03. The Hall–Kier alpha value is -0.740. The average molecular weight is 362 g/mol. The van der Waals surface area contributed by atoms with Gasteiger partial charge in [-0.3, -0.25) is 0 Å². The van der Waals surface area contributed by atoms with Crippen molar-refractivity contribution in [2.24, 2.45) is 0 Å². The fourth-order valence-corrected chi connectivity index (χ4v) is 2.65. The van der Waals surface area contributed by atoms with Crippen LogP contribution < -0.4 is 4.74 Å². The monoisotopic (exact) mass is 360 g/mol. The molecule has 0 fully saturated rings. The maximum atomic E-state index is 10.4. The fraction of sp³-hybridized carbons (Fsp3) is 0.143. The van der Waals surface area contributed by atoms with Crippen molar-refractivity contribution >= 4 is 39.1 Å². The number of benzene rings is 2. The summed E-state index contributed by atoms with van der Waals surface area (Å²) >= 11 is 15.3. The van der Waals surface area contributed by atoms with Crippen LogP contribution >= 0.6 is 39.1 Å². The third kappa shape index (κ3) is 3.23. The van der Waals surface area contributed by atoms with E-state index in [4.69, 9.17) is 27.9 Å². The molecule has 0 amide bonds. The maximum absolute atomic E-state index is 10.4. The van der Waals surface area contributed by atoms with Gasteiger partial charge in [0.25, 0.3) is 0 Å². The molecule has 1 unspecified atom stereocenters. The van der Waals surface area contributed by atoms with Gasteiger partial charge in [0, 0.05) is 25.6 Å². The van der Waals surface area contributed by atoms with E-state index >= 15 is 0 Å². The number of hydrogen-bond donors (Lipinski definition) is 1. The normalized spacial score (nSPS) is 12.3. The van der Waals surface area contributed by atoms with Crippen molar-refractivity contribution in [3.63, 3.8) is 0 Å². The Bertz CT molecular complexity index is 602. The highest BCUT2D eigenvalue weighted by Gasteiger charge is 2.18. The van der Waals surface area contributed by atoms with Crippen LogP contribution in [0.4, 0.5) is 0 Å². The van der Waals surface area contributed by atoms with Crippen LogP contribution in [-0.4, -0.2) is 12.2 Å². The van der Waals surface area contributed by atoms with Gasteiger partial charge >= 0.3 is 0 Å². The van der Waals surface area contributed by atoms with E-state index in [9.17, 15) is 5.11 Å². The predicted octanol–water partition coefficient (Wildman–Crippen LogP) is 4.85. The highest BCUT2D eigenvalue weighted by atomic mass is 79.9. The molecule has 0 saturated heterocycles. The summed E-state index contributed by atoms with van der Waals surface area (Å²) < 4.78 is 6.15. The number of aliphatic hydroxyl groups excluding tert-OH is 1. The standard InChI is InChI=1S/C14H11BrCl2O2/c1-19-13-6-8(15)2-4-11(13)14(18)10-5-3-9(16)7-12(10)17/h2-7,14,18H,1H3. The van der Waals surface area contributed by atoms with Crippen LogP contribution in [0.15, 0.2) is 40.9 Å². The zero-order chi connectivity index (χ0) is 14.0. The molecule has 0 radical (unpaired) electrons. The molecular weight excluding hydrogens is 351 g/mol. The Morgan fingerprint density at radius 1 is 1.11 bits per heavy atom. The zero-order valence-electron chi connectivity index (χ0n) is 10.0. The van der Waals surface area contributed by atoms with E-state index in [-0.39, 0.29) is 0 Å². The first-order chi connectivity index (χ1) is 9.02. The van der Waals surface area contributed by atoms with Gasteiger partial charge in [-0.25, -0.2) is 0 Å². The molecule has 2 nitrogen and oxygen atoms in total. The van der Waals surface area contributed by atoms with Gasteiger partial charge in [0.05, 0.1) is 7.11 Å². The second kappa shape index (κ2) is 6.14. The first kappa shape index (κ1) is 14.7. The van der Waals surface area contributed by atoms with E-state index in [0.717, 1.165) is 4.47 Å². The molecule has 0 aromatic heterocycles. The first-order valence-electron chi connectivity index (χ1n) is 5.49. The van der Waals surface area contributed by atoms with E-state index < -0.39 is 6.10 Å². The molecule has 19 heavy (non-hydrogen) atoms. The number of rotatable bonds is 3. The minimum Gasteiger partial charge on any atom is -0.496 e. The van der Waals surface area contributed by atoms with Gasteiger partial charge in [0.15, 0.2) is 0 Å². The molecule has 0 saturated carbocycles. The summed E-state index contributed by atoms with van der Waals surface area (Å²) in [5.74, 6) is 0.591. The molecule has 1 atom stereocenters. The lowest BCUT2D eigenvalue weighted by Gasteiger charge is -2.16. The minimum absolute atomic E-state index is 0.421. The average Bonchev–Trinajstić information content (AvgIpc) is 2.37. The summed E-state index contributed by atoms with van der Waals surface area (Å²) in [4.78, 5) is 0. The van der Waals surface area contributed by atoms with Crippen molar-refractivity contribution < 1.29 is 9.84 Å².